The molecule has 2 heterocycles. The highest BCUT2D eigenvalue weighted by Gasteiger charge is 2.32. The molecule has 1 aliphatic heterocycles. The zero-order valence-electron chi connectivity index (χ0n) is 14.9. The molecule has 7 nitrogen and oxygen atoms in total. The average Bonchev–Trinajstić information content (AvgIpc) is 2.68. The smallest absolute Gasteiger partial charge is 0.238 e. The van der Waals surface area contributed by atoms with Crippen molar-refractivity contribution < 1.29 is 17.6 Å². The molecule has 3 rings (SSSR count). The first kappa shape index (κ1) is 19.2. The van der Waals surface area contributed by atoms with E-state index in [9.17, 15) is 17.6 Å². The Labute approximate surface area is 157 Å². The zero-order chi connectivity index (χ0) is 19.4. The summed E-state index contributed by atoms with van der Waals surface area (Å²) in [5, 5.41) is 1.54. The van der Waals surface area contributed by atoms with Gasteiger partial charge in [0.05, 0.1) is 4.90 Å². The standard InChI is InChI=1S/C18H21FN4O3S/c1-13(27(25,26)16-7-5-14(19)6-8-16)17(24)22-15-4-2-11-23(12-15)18-20-9-3-10-21-18/h3,5-10,13,15H,2,4,11-12H2,1H3,(H,22,24). The molecule has 1 aromatic carbocycles. The highest BCUT2D eigenvalue weighted by Crippen LogP contribution is 2.19. The fourth-order valence-electron chi connectivity index (χ4n) is 3.02. The van der Waals surface area contributed by atoms with Crippen molar-refractivity contribution in [1.82, 2.24) is 15.3 Å². The molecule has 0 bridgehead atoms. The number of amides is 1. The van der Waals surface area contributed by atoms with Crippen LogP contribution in [0.5, 0.6) is 0 Å². The first-order valence-corrected chi connectivity index (χ1v) is 10.2. The van der Waals surface area contributed by atoms with E-state index in [-0.39, 0.29) is 10.9 Å². The minimum Gasteiger partial charge on any atom is -0.350 e. The minimum absolute atomic E-state index is 0.0745. The van der Waals surface area contributed by atoms with Crippen LogP contribution in [0.15, 0.2) is 47.6 Å². The van der Waals surface area contributed by atoms with E-state index in [1.54, 1.807) is 18.5 Å². The van der Waals surface area contributed by atoms with Crippen LogP contribution in [0.1, 0.15) is 19.8 Å². The van der Waals surface area contributed by atoms with Crippen molar-refractivity contribution in [2.45, 2.75) is 36.0 Å². The van der Waals surface area contributed by atoms with E-state index in [1.165, 1.54) is 19.1 Å². The monoisotopic (exact) mass is 392 g/mol. The number of benzene rings is 1. The molecule has 1 fully saturated rings. The summed E-state index contributed by atoms with van der Waals surface area (Å²) in [6.45, 7) is 2.63. The maximum atomic E-state index is 13.0. The Hall–Kier alpha value is -2.55. The second kappa shape index (κ2) is 7.99. The molecular formula is C18H21FN4O3S. The Morgan fingerprint density at radius 1 is 1.26 bits per heavy atom. The van der Waals surface area contributed by atoms with Crippen molar-refractivity contribution in [1.29, 1.82) is 0 Å². The molecule has 0 saturated carbocycles. The predicted octanol–water partition coefficient (Wildman–Crippen LogP) is 1.56. The van der Waals surface area contributed by atoms with Gasteiger partial charge in [0.2, 0.25) is 11.9 Å². The van der Waals surface area contributed by atoms with E-state index < -0.39 is 26.8 Å². The van der Waals surface area contributed by atoms with Crippen LogP contribution >= 0.6 is 0 Å². The quantitative estimate of drug-likeness (QED) is 0.777. The van der Waals surface area contributed by atoms with Gasteiger partial charge in [-0.05, 0) is 50.1 Å². The number of aromatic nitrogens is 2. The van der Waals surface area contributed by atoms with Crippen LogP contribution in [0.4, 0.5) is 10.3 Å². The van der Waals surface area contributed by atoms with E-state index in [4.69, 9.17) is 0 Å². The highest BCUT2D eigenvalue weighted by atomic mass is 32.2. The third-order valence-corrected chi connectivity index (χ3v) is 6.65. The van der Waals surface area contributed by atoms with E-state index in [0.717, 1.165) is 31.5 Å². The second-order valence-electron chi connectivity index (χ2n) is 6.48. The summed E-state index contributed by atoms with van der Waals surface area (Å²) in [6, 6.07) is 6.01. The largest absolute Gasteiger partial charge is 0.350 e. The van der Waals surface area contributed by atoms with E-state index >= 15 is 0 Å². The molecule has 144 valence electrons. The molecule has 9 heteroatoms. The van der Waals surface area contributed by atoms with Gasteiger partial charge in [0, 0.05) is 31.5 Å². The summed E-state index contributed by atoms with van der Waals surface area (Å²) in [4.78, 5) is 22.8. The third-order valence-electron chi connectivity index (χ3n) is 4.58. The van der Waals surface area contributed by atoms with Crippen LogP contribution in [0.3, 0.4) is 0 Å². The number of carbonyl (C=O) groups excluding carboxylic acids is 1. The van der Waals surface area contributed by atoms with Gasteiger partial charge < -0.3 is 10.2 Å². The number of halogens is 1. The molecule has 2 atom stereocenters. The number of nitrogens with one attached hydrogen (secondary N) is 1. The molecular weight excluding hydrogens is 371 g/mol. The van der Waals surface area contributed by atoms with Crippen molar-refractivity contribution in [3.63, 3.8) is 0 Å². The highest BCUT2D eigenvalue weighted by molar-refractivity contribution is 7.92. The van der Waals surface area contributed by atoms with E-state index in [2.05, 4.69) is 15.3 Å². The first-order chi connectivity index (χ1) is 12.9. The summed E-state index contributed by atoms with van der Waals surface area (Å²) in [7, 11) is -3.89. The van der Waals surface area contributed by atoms with Gasteiger partial charge in [-0.1, -0.05) is 0 Å². The number of hydrogen-bond acceptors (Lipinski definition) is 6. The van der Waals surface area contributed by atoms with Gasteiger partial charge in [-0.15, -0.1) is 0 Å². The van der Waals surface area contributed by atoms with Crippen LogP contribution in [0.25, 0.3) is 0 Å². The van der Waals surface area contributed by atoms with Crippen molar-refractivity contribution in [3.05, 3.63) is 48.5 Å². The number of piperidine rings is 1. The van der Waals surface area contributed by atoms with Crippen molar-refractivity contribution in [3.8, 4) is 0 Å². The fraction of sp³-hybridized carbons (Fsp3) is 0.389. The van der Waals surface area contributed by atoms with Gasteiger partial charge in [-0.3, -0.25) is 4.79 Å². The Kier molecular flexibility index (Phi) is 5.69. The minimum atomic E-state index is -3.89. The van der Waals surface area contributed by atoms with E-state index in [1.807, 2.05) is 4.90 Å². The molecule has 1 aliphatic rings. The second-order valence-corrected chi connectivity index (χ2v) is 8.75. The van der Waals surface area contributed by atoms with Gasteiger partial charge in [-0.2, -0.15) is 0 Å². The molecule has 0 aliphatic carbocycles. The summed E-state index contributed by atoms with van der Waals surface area (Å²) in [6.07, 6.45) is 4.89. The molecule has 1 aromatic heterocycles. The van der Waals surface area contributed by atoms with Crippen LogP contribution < -0.4 is 10.2 Å². The number of anilines is 1. The molecule has 2 aromatic rings. The molecule has 27 heavy (non-hydrogen) atoms. The molecule has 0 radical (unpaired) electrons. The summed E-state index contributed by atoms with van der Waals surface area (Å²) < 4.78 is 38.2. The first-order valence-electron chi connectivity index (χ1n) is 8.70. The Morgan fingerprint density at radius 3 is 2.59 bits per heavy atom. The lowest BCUT2D eigenvalue weighted by Gasteiger charge is -2.33. The Balaban J connectivity index is 1.66. The number of carbonyl (C=O) groups is 1. The van der Waals surface area contributed by atoms with Crippen molar-refractivity contribution in [2.24, 2.45) is 0 Å². The normalized spacial score (nSPS) is 18.7. The maximum Gasteiger partial charge on any atom is 0.238 e. The van der Waals surface area contributed by atoms with Gasteiger partial charge in [0.25, 0.3) is 0 Å². The summed E-state index contributed by atoms with van der Waals surface area (Å²) in [5.74, 6) is -0.514. The molecule has 1 N–H and O–H groups in total. The lowest BCUT2D eigenvalue weighted by Crippen LogP contribution is -2.51. The Bertz CT molecular complexity index is 891. The molecule has 2 unspecified atom stereocenters. The summed E-state index contributed by atoms with van der Waals surface area (Å²) >= 11 is 0. The SMILES string of the molecule is CC(C(=O)NC1CCCN(c2ncccn2)C1)S(=O)(=O)c1ccc(F)cc1. The molecule has 0 spiro atoms. The van der Waals surface area contributed by atoms with Crippen molar-refractivity contribution in [2.75, 3.05) is 18.0 Å². The Morgan fingerprint density at radius 2 is 1.93 bits per heavy atom. The number of sulfone groups is 1. The van der Waals surface area contributed by atoms with Gasteiger partial charge >= 0.3 is 0 Å². The predicted molar refractivity (Wildman–Crippen MR) is 98.5 cm³/mol. The molecule has 1 saturated heterocycles. The third kappa shape index (κ3) is 4.41. The lowest BCUT2D eigenvalue weighted by molar-refractivity contribution is -0.121. The summed E-state index contributed by atoms with van der Waals surface area (Å²) in [5.41, 5.74) is 0. The fourth-order valence-corrected chi connectivity index (χ4v) is 4.29. The average molecular weight is 392 g/mol. The van der Waals surface area contributed by atoms with Crippen molar-refractivity contribution >= 4 is 21.7 Å². The van der Waals surface area contributed by atoms with Crippen LogP contribution in [-0.4, -0.2) is 48.7 Å². The maximum absolute atomic E-state index is 13.0. The topological polar surface area (TPSA) is 92.3 Å². The van der Waals surface area contributed by atoms with E-state index in [0.29, 0.717) is 12.5 Å². The van der Waals surface area contributed by atoms with Gasteiger partial charge in [0.1, 0.15) is 11.1 Å². The molecule has 1 amide bonds. The zero-order valence-corrected chi connectivity index (χ0v) is 15.7. The van der Waals surface area contributed by atoms with Crippen LogP contribution in [0.2, 0.25) is 0 Å². The van der Waals surface area contributed by atoms with Gasteiger partial charge in [-0.25, -0.2) is 22.8 Å². The van der Waals surface area contributed by atoms with Gasteiger partial charge in [0.15, 0.2) is 9.84 Å². The lowest BCUT2D eigenvalue weighted by atomic mass is 10.1. The van der Waals surface area contributed by atoms with Crippen LogP contribution in [-0.2, 0) is 14.6 Å². The number of nitrogens with zero attached hydrogens (tertiary/aromatic N) is 3. The number of rotatable bonds is 5. The number of hydrogen-bond donors (Lipinski definition) is 1. The van der Waals surface area contributed by atoms with Crippen LogP contribution in [0, 0.1) is 5.82 Å².